The molecule has 1 atom stereocenters. The summed E-state index contributed by atoms with van der Waals surface area (Å²) in [5, 5.41) is 10.1. The quantitative estimate of drug-likeness (QED) is 0.907. The van der Waals surface area contributed by atoms with E-state index < -0.39 is 6.10 Å². The Morgan fingerprint density at radius 1 is 1.26 bits per heavy atom. The Morgan fingerprint density at radius 2 is 1.95 bits per heavy atom. The summed E-state index contributed by atoms with van der Waals surface area (Å²) in [4.78, 5) is 13.7. The lowest BCUT2D eigenvalue weighted by Gasteiger charge is -2.21. The smallest absolute Gasteiger partial charge is 0.256 e. The summed E-state index contributed by atoms with van der Waals surface area (Å²) in [6.07, 6.45) is 0.827. The topological polar surface area (TPSA) is 45.5 Å². The molecule has 4 nitrogen and oxygen atoms in total. The standard InChI is InChI=1S/C15H18N2O2/c1-16-10-6-9-13(16)11-17(2)15(19)14(18)12-7-4-3-5-8-12/h3-10,14,18H,11H2,1-2H3. The molecule has 1 unspecified atom stereocenters. The average Bonchev–Trinajstić information content (AvgIpc) is 2.83. The Hall–Kier alpha value is -2.07. The molecule has 1 aromatic heterocycles. The van der Waals surface area contributed by atoms with Crippen molar-refractivity contribution < 1.29 is 9.90 Å². The van der Waals surface area contributed by atoms with Gasteiger partial charge in [-0.15, -0.1) is 0 Å². The number of aliphatic hydroxyl groups excluding tert-OH is 1. The molecule has 1 amide bonds. The number of aryl methyl sites for hydroxylation is 1. The van der Waals surface area contributed by atoms with Crippen molar-refractivity contribution in [2.45, 2.75) is 12.6 Å². The second-order valence-electron chi connectivity index (χ2n) is 4.62. The summed E-state index contributed by atoms with van der Waals surface area (Å²) in [7, 11) is 3.63. The number of aliphatic hydroxyl groups is 1. The maximum Gasteiger partial charge on any atom is 0.256 e. The van der Waals surface area contributed by atoms with Gasteiger partial charge in [-0.25, -0.2) is 0 Å². The number of benzene rings is 1. The van der Waals surface area contributed by atoms with Crippen LogP contribution < -0.4 is 0 Å². The third-order valence-electron chi connectivity index (χ3n) is 3.18. The third-order valence-corrected chi connectivity index (χ3v) is 3.18. The van der Waals surface area contributed by atoms with Gasteiger partial charge in [0.25, 0.3) is 5.91 Å². The van der Waals surface area contributed by atoms with Crippen LogP contribution in [0.4, 0.5) is 0 Å². The highest BCUT2D eigenvalue weighted by Crippen LogP contribution is 2.16. The van der Waals surface area contributed by atoms with Crippen molar-refractivity contribution in [1.29, 1.82) is 0 Å². The van der Waals surface area contributed by atoms with Gasteiger partial charge in [0, 0.05) is 26.0 Å². The lowest BCUT2D eigenvalue weighted by Crippen LogP contribution is -2.31. The largest absolute Gasteiger partial charge is 0.378 e. The van der Waals surface area contributed by atoms with Crippen molar-refractivity contribution in [2.75, 3.05) is 7.05 Å². The molecule has 19 heavy (non-hydrogen) atoms. The summed E-state index contributed by atoms with van der Waals surface area (Å²) >= 11 is 0. The zero-order chi connectivity index (χ0) is 13.8. The minimum absolute atomic E-state index is 0.299. The Morgan fingerprint density at radius 3 is 2.53 bits per heavy atom. The van der Waals surface area contributed by atoms with Crippen molar-refractivity contribution >= 4 is 5.91 Å². The Kier molecular flexibility index (Phi) is 4.02. The first kappa shape index (κ1) is 13.4. The molecule has 4 heteroatoms. The molecule has 1 heterocycles. The maximum absolute atomic E-state index is 12.1. The fraction of sp³-hybridized carbons (Fsp3) is 0.267. The molecule has 0 aliphatic heterocycles. The van der Waals surface area contributed by atoms with E-state index in [1.54, 1.807) is 19.2 Å². The molecule has 0 radical (unpaired) electrons. The van der Waals surface area contributed by atoms with Crippen LogP contribution in [0.1, 0.15) is 17.4 Å². The van der Waals surface area contributed by atoms with E-state index in [-0.39, 0.29) is 5.91 Å². The Labute approximate surface area is 112 Å². The summed E-state index contributed by atoms with van der Waals surface area (Å²) in [5.74, 6) is -0.299. The van der Waals surface area contributed by atoms with E-state index in [4.69, 9.17) is 0 Å². The van der Waals surface area contributed by atoms with Crippen molar-refractivity contribution in [2.24, 2.45) is 7.05 Å². The number of rotatable bonds is 4. The van der Waals surface area contributed by atoms with E-state index in [2.05, 4.69) is 0 Å². The Balaban J connectivity index is 2.05. The van der Waals surface area contributed by atoms with Crippen LogP contribution in [0.15, 0.2) is 48.7 Å². The fourth-order valence-corrected chi connectivity index (χ4v) is 1.97. The molecular formula is C15H18N2O2. The molecule has 0 saturated carbocycles. The minimum Gasteiger partial charge on any atom is -0.378 e. The van der Waals surface area contributed by atoms with E-state index >= 15 is 0 Å². The summed E-state index contributed by atoms with van der Waals surface area (Å²) in [6, 6.07) is 12.9. The lowest BCUT2D eigenvalue weighted by atomic mass is 10.1. The summed E-state index contributed by atoms with van der Waals surface area (Å²) in [6.45, 7) is 0.478. The normalized spacial score (nSPS) is 12.2. The number of hydrogen-bond donors (Lipinski definition) is 1. The van der Waals surface area contributed by atoms with E-state index in [0.717, 1.165) is 5.69 Å². The summed E-state index contributed by atoms with van der Waals surface area (Å²) in [5.41, 5.74) is 1.64. The van der Waals surface area contributed by atoms with Gasteiger partial charge in [-0.2, -0.15) is 0 Å². The zero-order valence-electron chi connectivity index (χ0n) is 11.2. The van der Waals surface area contributed by atoms with Crippen molar-refractivity contribution in [3.63, 3.8) is 0 Å². The first-order valence-corrected chi connectivity index (χ1v) is 6.18. The average molecular weight is 258 g/mol. The molecule has 1 N–H and O–H groups in total. The van der Waals surface area contributed by atoms with Crippen molar-refractivity contribution in [3.8, 4) is 0 Å². The molecule has 0 bridgehead atoms. The monoisotopic (exact) mass is 258 g/mol. The number of likely N-dealkylation sites (N-methyl/N-ethyl adjacent to an activating group) is 1. The fourth-order valence-electron chi connectivity index (χ4n) is 1.97. The predicted octanol–water partition coefficient (Wildman–Crippen LogP) is 1.72. The number of carbonyl (C=O) groups is 1. The van der Waals surface area contributed by atoms with Crippen molar-refractivity contribution in [1.82, 2.24) is 9.47 Å². The molecule has 0 spiro atoms. The molecule has 100 valence electrons. The van der Waals surface area contributed by atoms with Gasteiger partial charge < -0.3 is 14.6 Å². The second kappa shape index (κ2) is 5.71. The van der Waals surface area contributed by atoms with Crippen LogP contribution in [0.2, 0.25) is 0 Å². The molecule has 0 aliphatic carbocycles. The van der Waals surface area contributed by atoms with Crippen LogP contribution in [0.3, 0.4) is 0 Å². The van der Waals surface area contributed by atoms with Gasteiger partial charge in [0.05, 0.1) is 6.54 Å². The van der Waals surface area contributed by atoms with Crippen LogP contribution in [0.25, 0.3) is 0 Å². The van der Waals surface area contributed by atoms with Crippen LogP contribution in [0, 0.1) is 0 Å². The first-order chi connectivity index (χ1) is 9.09. The van der Waals surface area contributed by atoms with Crippen LogP contribution in [-0.4, -0.2) is 27.5 Å². The summed E-state index contributed by atoms with van der Waals surface area (Å²) < 4.78 is 1.96. The van der Waals surface area contributed by atoms with E-state index in [1.807, 2.05) is 48.1 Å². The molecule has 2 rings (SSSR count). The van der Waals surface area contributed by atoms with Gasteiger partial charge in [-0.05, 0) is 17.7 Å². The highest BCUT2D eigenvalue weighted by Gasteiger charge is 2.21. The maximum atomic E-state index is 12.1. The lowest BCUT2D eigenvalue weighted by molar-refractivity contribution is -0.139. The van der Waals surface area contributed by atoms with Gasteiger partial charge in [0.2, 0.25) is 0 Å². The third kappa shape index (κ3) is 3.03. The molecule has 0 aliphatic rings. The van der Waals surface area contributed by atoms with E-state index in [1.165, 1.54) is 4.90 Å². The minimum atomic E-state index is -1.11. The highest BCUT2D eigenvalue weighted by atomic mass is 16.3. The number of carbonyl (C=O) groups excluding carboxylic acids is 1. The Bertz CT molecular complexity index is 548. The van der Waals surface area contributed by atoms with Gasteiger partial charge in [0.15, 0.2) is 6.10 Å². The molecule has 0 fully saturated rings. The van der Waals surface area contributed by atoms with Gasteiger partial charge in [-0.1, -0.05) is 30.3 Å². The van der Waals surface area contributed by atoms with Crippen LogP contribution >= 0.6 is 0 Å². The van der Waals surface area contributed by atoms with Crippen molar-refractivity contribution in [3.05, 3.63) is 59.9 Å². The van der Waals surface area contributed by atoms with Crippen LogP contribution in [0.5, 0.6) is 0 Å². The first-order valence-electron chi connectivity index (χ1n) is 6.18. The van der Waals surface area contributed by atoms with Gasteiger partial charge >= 0.3 is 0 Å². The predicted molar refractivity (Wildman–Crippen MR) is 73.3 cm³/mol. The van der Waals surface area contributed by atoms with E-state index in [9.17, 15) is 9.90 Å². The molecule has 1 aromatic carbocycles. The number of aromatic nitrogens is 1. The highest BCUT2D eigenvalue weighted by molar-refractivity contribution is 5.81. The number of amides is 1. The van der Waals surface area contributed by atoms with Gasteiger partial charge in [0.1, 0.15) is 0 Å². The zero-order valence-corrected chi connectivity index (χ0v) is 11.2. The van der Waals surface area contributed by atoms with Gasteiger partial charge in [-0.3, -0.25) is 4.79 Å². The molecule has 2 aromatic rings. The number of nitrogens with zero attached hydrogens (tertiary/aromatic N) is 2. The molecular weight excluding hydrogens is 240 g/mol. The number of hydrogen-bond acceptors (Lipinski definition) is 2. The van der Waals surface area contributed by atoms with E-state index in [0.29, 0.717) is 12.1 Å². The molecule has 0 saturated heterocycles. The second-order valence-corrected chi connectivity index (χ2v) is 4.62. The van der Waals surface area contributed by atoms with Crippen LogP contribution in [-0.2, 0) is 18.4 Å². The SMILES string of the molecule is CN(Cc1cccn1C)C(=O)C(O)c1ccccc1.